The van der Waals surface area contributed by atoms with Crippen molar-refractivity contribution in [1.82, 2.24) is 0 Å². The molecule has 0 amide bonds. The van der Waals surface area contributed by atoms with Crippen LogP contribution in [0.25, 0.3) is 0 Å². The highest BCUT2D eigenvalue weighted by atomic mass is 32.2. The van der Waals surface area contributed by atoms with Gasteiger partial charge in [0.1, 0.15) is 0 Å². The van der Waals surface area contributed by atoms with Crippen LogP contribution in [0.15, 0.2) is 28.0 Å². The first-order valence-electron chi connectivity index (χ1n) is 4.85. The quantitative estimate of drug-likeness (QED) is 0.592. The van der Waals surface area contributed by atoms with Gasteiger partial charge in [-0.2, -0.15) is 13.2 Å². The average molecular weight is 280 g/mol. The summed E-state index contributed by atoms with van der Waals surface area (Å²) in [5.74, 6) is -0.262. The van der Waals surface area contributed by atoms with Gasteiger partial charge < -0.3 is 0 Å². The zero-order valence-corrected chi connectivity index (χ0v) is 10.9. The van der Waals surface area contributed by atoms with Crippen LogP contribution in [0.2, 0.25) is 0 Å². The highest BCUT2D eigenvalue weighted by molar-refractivity contribution is 8.00. The van der Waals surface area contributed by atoms with E-state index in [1.165, 1.54) is 23.9 Å². The number of carbonyl (C=O) groups is 1. The third-order valence-corrected chi connectivity index (χ3v) is 3.61. The number of hydrogen-bond acceptors (Lipinski definition) is 3. The lowest BCUT2D eigenvalue weighted by atomic mass is 10.1. The van der Waals surface area contributed by atoms with Crippen LogP contribution in [0.5, 0.6) is 0 Å². The van der Waals surface area contributed by atoms with Gasteiger partial charge in [0.25, 0.3) is 0 Å². The number of alkyl halides is 3. The van der Waals surface area contributed by atoms with Crippen molar-refractivity contribution >= 4 is 29.3 Å². The summed E-state index contributed by atoms with van der Waals surface area (Å²) in [5.41, 5.74) is -4.19. The molecule has 6 heteroatoms. The van der Waals surface area contributed by atoms with Crippen LogP contribution >= 0.6 is 23.5 Å². The molecule has 0 bridgehead atoms. The van der Waals surface area contributed by atoms with Crippen LogP contribution in [-0.4, -0.2) is 17.5 Å². The van der Waals surface area contributed by atoms with Crippen LogP contribution in [0.4, 0.5) is 13.2 Å². The van der Waals surface area contributed by atoms with Crippen molar-refractivity contribution in [2.24, 2.45) is 0 Å². The van der Waals surface area contributed by atoms with E-state index in [0.717, 1.165) is 0 Å². The molecule has 0 fully saturated rings. The standard InChI is InChI=1S/C11H11F3OS2/c1-3-7(15)10-8(16-2)5-4-6-9(10)17-11(12,13)14/h4-6H,3H2,1-2H3. The molecular weight excluding hydrogens is 269 g/mol. The van der Waals surface area contributed by atoms with E-state index in [4.69, 9.17) is 0 Å². The Morgan fingerprint density at radius 3 is 2.35 bits per heavy atom. The van der Waals surface area contributed by atoms with Gasteiger partial charge in [0.05, 0.1) is 0 Å². The van der Waals surface area contributed by atoms with E-state index in [1.807, 2.05) is 0 Å². The lowest BCUT2D eigenvalue weighted by Gasteiger charge is -2.12. The van der Waals surface area contributed by atoms with E-state index in [9.17, 15) is 18.0 Å². The molecule has 1 nitrogen and oxygen atoms in total. The van der Waals surface area contributed by atoms with Crippen LogP contribution in [0, 0.1) is 0 Å². The normalized spacial score (nSPS) is 11.6. The molecule has 1 aromatic carbocycles. The second-order valence-corrected chi connectivity index (χ2v) is 5.11. The Morgan fingerprint density at radius 2 is 1.88 bits per heavy atom. The van der Waals surface area contributed by atoms with Crippen LogP contribution < -0.4 is 0 Å². The van der Waals surface area contributed by atoms with E-state index in [-0.39, 0.29) is 34.4 Å². The first-order chi connectivity index (χ1) is 7.89. The molecule has 0 unspecified atom stereocenters. The molecule has 94 valence electrons. The molecule has 1 rings (SSSR count). The monoisotopic (exact) mass is 280 g/mol. The summed E-state index contributed by atoms with van der Waals surface area (Å²) in [6, 6.07) is 4.53. The number of thioether (sulfide) groups is 2. The largest absolute Gasteiger partial charge is 0.446 e. The lowest BCUT2D eigenvalue weighted by Crippen LogP contribution is -2.06. The molecule has 0 aliphatic heterocycles. The fraction of sp³-hybridized carbons (Fsp3) is 0.364. The van der Waals surface area contributed by atoms with E-state index < -0.39 is 5.51 Å². The Morgan fingerprint density at radius 1 is 1.29 bits per heavy atom. The summed E-state index contributed by atoms with van der Waals surface area (Å²) in [7, 11) is 0. The fourth-order valence-electron chi connectivity index (χ4n) is 1.34. The van der Waals surface area contributed by atoms with Gasteiger partial charge in [-0.1, -0.05) is 13.0 Å². The zero-order valence-electron chi connectivity index (χ0n) is 9.30. The smallest absolute Gasteiger partial charge is 0.294 e. The van der Waals surface area contributed by atoms with E-state index >= 15 is 0 Å². The minimum absolute atomic E-state index is 0.0174. The van der Waals surface area contributed by atoms with Crippen molar-refractivity contribution in [3.8, 4) is 0 Å². The molecule has 0 heterocycles. The first-order valence-corrected chi connectivity index (χ1v) is 6.89. The van der Waals surface area contributed by atoms with Gasteiger partial charge in [-0.25, -0.2) is 0 Å². The van der Waals surface area contributed by atoms with Crippen LogP contribution in [0.3, 0.4) is 0 Å². The van der Waals surface area contributed by atoms with E-state index in [1.54, 1.807) is 19.2 Å². The lowest BCUT2D eigenvalue weighted by molar-refractivity contribution is -0.0328. The summed E-state index contributed by atoms with van der Waals surface area (Å²) in [6.07, 6.45) is 1.94. The molecule has 1 aromatic rings. The van der Waals surface area contributed by atoms with E-state index in [2.05, 4.69) is 0 Å². The minimum Gasteiger partial charge on any atom is -0.294 e. The minimum atomic E-state index is -4.38. The third kappa shape index (κ3) is 3.96. The number of carbonyl (C=O) groups excluding carboxylic acids is 1. The molecule has 0 saturated carbocycles. The summed E-state index contributed by atoms with van der Waals surface area (Å²) in [6.45, 7) is 1.64. The van der Waals surface area contributed by atoms with E-state index in [0.29, 0.717) is 4.90 Å². The topological polar surface area (TPSA) is 17.1 Å². The third-order valence-electron chi connectivity index (χ3n) is 2.03. The number of hydrogen-bond donors (Lipinski definition) is 0. The van der Waals surface area contributed by atoms with Gasteiger partial charge in [0.2, 0.25) is 0 Å². The second-order valence-electron chi connectivity index (χ2n) is 3.16. The maximum Gasteiger partial charge on any atom is 0.446 e. The summed E-state index contributed by atoms with van der Waals surface area (Å²) in [4.78, 5) is 12.3. The average Bonchev–Trinajstić information content (AvgIpc) is 2.25. The van der Waals surface area contributed by atoms with Crippen LogP contribution in [0.1, 0.15) is 23.7 Å². The molecule has 0 aliphatic carbocycles. The number of rotatable bonds is 4. The Balaban J connectivity index is 3.24. The summed E-state index contributed by atoms with van der Waals surface area (Å²) >= 11 is 1.04. The zero-order chi connectivity index (χ0) is 13.1. The molecule has 0 aromatic heterocycles. The van der Waals surface area contributed by atoms with Gasteiger partial charge in [-0.15, -0.1) is 11.8 Å². The van der Waals surface area contributed by atoms with Crippen molar-refractivity contribution in [1.29, 1.82) is 0 Å². The van der Waals surface area contributed by atoms with Crippen molar-refractivity contribution < 1.29 is 18.0 Å². The molecule has 0 aliphatic rings. The number of halogens is 3. The molecule has 0 spiro atoms. The molecule has 0 radical (unpaired) electrons. The van der Waals surface area contributed by atoms with Gasteiger partial charge in [0, 0.05) is 21.8 Å². The SMILES string of the molecule is CCC(=O)c1c(SC)cccc1SC(F)(F)F. The predicted octanol–water partition coefficient (Wildman–Crippen LogP) is 4.61. The number of ketones is 1. The van der Waals surface area contributed by atoms with Crippen LogP contribution in [-0.2, 0) is 0 Å². The molecular formula is C11H11F3OS2. The Labute approximate surface area is 106 Å². The molecule has 17 heavy (non-hydrogen) atoms. The van der Waals surface area contributed by atoms with Crippen molar-refractivity contribution in [3.05, 3.63) is 23.8 Å². The van der Waals surface area contributed by atoms with Gasteiger partial charge in [-0.05, 0) is 30.2 Å². The highest BCUT2D eigenvalue weighted by Gasteiger charge is 2.31. The van der Waals surface area contributed by atoms with Gasteiger partial charge >= 0.3 is 5.51 Å². The van der Waals surface area contributed by atoms with Gasteiger partial charge in [0.15, 0.2) is 5.78 Å². The molecule has 0 atom stereocenters. The van der Waals surface area contributed by atoms with Gasteiger partial charge in [-0.3, -0.25) is 4.79 Å². The molecule has 0 saturated heterocycles. The second kappa shape index (κ2) is 5.82. The Kier molecular flexibility index (Phi) is 4.94. The highest BCUT2D eigenvalue weighted by Crippen LogP contribution is 2.41. The number of benzene rings is 1. The summed E-state index contributed by atoms with van der Waals surface area (Å²) < 4.78 is 37.1. The van der Waals surface area contributed by atoms with Crippen molar-refractivity contribution in [2.45, 2.75) is 28.6 Å². The number of Topliss-reactive ketones (excluding diaryl/α,β-unsaturated/α-hetero) is 1. The predicted molar refractivity (Wildman–Crippen MR) is 64.8 cm³/mol. The Hall–Kier alpha value is -0.620. The molecule has 0 N–H and O–H groups in total. The fourth-order valence-corrected chi connectivity index (χ4v) is 2.77. The maximum absolute atomic E-state index is 12.4. The first kappa shape index (κ1) is 14.4. The van der Waals surface area contributed by atoms with Crippen molar-refractivity contribution in [3.63, 3.8) is 0 Å². The summed E-state index contributed by atoms with van der Waals surface area (Å²) in [5, 5.41) is 0. The maximum atomic E-state index is 12.4. The Bertz CT molecular complexity index is 416. The van der Waals surface area contributed by atoms with Crippen molar-refractivity contribution in [2.75, 3.05) is 6.26 Å².